The van der Waals surface area contributed by atoms with Gasteiger partial charge in [-0.15, -0.1) is 0 Å². The van der Waals surface area contributed by atoms with E-state index in [2.05, 4.69) is 4.74 Å². The summed E-state index contributed by atoms with van der Waals surface area (Å²) in [7, 11) is 1.37. The predicted octanol–water partition coefficient (Wildman–Crippen LogP) is 1.35. The van der Waals surface area contributed by atoms with Crippen molar-refractivity contribution >= 4 is 5.97 Å². The molecular formula is C9H18O3. The molecule has 0 aliphatic rings. The molecule has 1 N–H and O–H groups in total. The minimum Gasteiger partial charge on any atom is -0.469 e. The molecule has 0 saturated heterocycles. The van der Waals surface area contributed by atoms with Gasteiger partial charge in [0, 0.05) is 0 Å². The fourth-order valence-electron chi connectivity index (χ4n) is 1.18. The van der Waals surface area contributed by atoms with Gasteiger partial charge in [0.2, 0.25) is 0 Å². The number of aliphatic hydroxyl groups is 1. The summed E-state index contributed by atoms with van der Waals surface area (Å²) in [6, 6.07) is 0. The van der Waals surface area contributed by atoms with Crippen LogP contribution in [0, 0.1) is 5.92 Å². The molecule has 0 aliphatic carbocycles. The lowest BCUT2D eigenvalue weighted by Crippen LogP contribution is -2.22. The number of esters is 1. The monoisotopic (exact) mass is 174 g/mol. The topological polar surface area (TPSA) is 46.5 Å². The first-order chi connectivity index (χ1) is 5.65. The van der Waals surface area contributed by atoms with Crippen molar-refractivity contribution in [2.24, 2.45) is 5.92 Å². The Bertz CT molecular complexity index is 134. The zero-order chi connectivity index (χ0) is 9.56. The maximum absolute atomic E-state index is 10.9. The van der Waals surface area contributed by atoms with Crippen LogP contribution in [0.4, 0.5) is 0 Å². The lowest BCUT2D eigenvalue weighted by molar-refractivity contribution is -0.142. The number of methoxy groups -OCH3 is 1. The van der Waals surface area contributed by atoms with Gasteiger partial charge in [0.1, 0.15) is 0 Å². The molecule has 0 aromatic rings. The molecule has 2 unspecified atom stereocenters. The van der Waals surface area contributed by atoms with Gasteiger partial charge in [-0.05, 0) is 12.3 Å². The van der Waals surface area contributed by atoms with Crippen LogP contribution in [0.5, 0.6) is 0 Å². The van der Waals surface area contributed by atoms with Crippen molar-refractivity contribution < 1.29 is 14.6 Å². The van der Waals surface area contributed by atoms with Gasteiger partial charge < -0.3 is 9.84 Å². The summed E-state index contributed by atoms with van der Waals surface area (Å²) < 4.78 is 4.53. The molecule has 72 valence electrons. The molecular weight excluding hydrogens is 156 g/mol. The highest BCUT2D eigenvalue weighted by Gasteiger charge is 2.19. The van der Waals surface area contributed by atoms with E-state index in [1.54, 1.807) is 0 Å². The molecule has 0 amide bonds. The van der Waals surface area contributed by atoms with Crippen molar-refractivity contribution in [3.8, 4) is 0 Å². The van der Waals surface area contributed by atoms with Gasteiger partial charge in [-0.1, -0.05) is 20.3 Å². The fraction of sp³-hybridized carbons (Fsp3) is 0.889. The van der Waals surface area contributed by atoms with E-state index in [0.29, 0.717) is 12.8 Å². The van der Waals surface area contributed by atoms with Gasteiger partial charge in [0.15, 0.2) is 0 Å². The van der Waals surface area contributed by atoms with Gasteiger partial charge in [-0.3, -0.25) is 4.79 Å². The SMILES string of the molecule is CCC(O)C(CC)CC(=O)OC. The Kier molecular flexibility index (Phi) is 5.72. The van der Waals surface area contributed by atoms with Gasteiger partial charge in [0.05, 0.1) is 19.6 Å². The van der Waals surface area contributed by atoms with E-state index < -0.39 is 0 Å². The van der Waals surface area contributed by atoms with Crippen molar-refractivity contribution in [1.82, 2.24) is 0 Å². The minimum atomic E-state index is -0.380. The molecule has 0 saturated carbocycles. The lowest BCUT2D eigenvalue weighted by atomic mass is 9.94. The van der Waals surface area contributed by atoms with Gasteiger partial charge in [-0.25, -0.2) is 0 Å². The van der Waals surface area contributed by atoms with E-state index in [1.165, 1.54) is 7.11 Å². The normalized spacial score (nSPS) is 15.3. The summed E-state index contributed by atoms with van der Waals surface area (Å²) >= 11 is 0. The second kappa shape index (κ2) is 6.00. The van der Waals surface area contributed by atoms with E-state index in [-0.39, 0.29) is 18.0 Å². The van der Waals surface area contributed by atoms with Crippen LogP contribution in [0.15, 0.2) is 0 Å². The standard InChI is InChI=1S/C9H18O3/c1-4-7(8(10)5-2)6-9(11)12-3/h7-8,10H,4-6H2,1-3H3. The largest absolute Gasteiger partial charge is 0.469 e. The van der Waals surface area contributed by atoms with Crippen LogP contribution >= 0.6 is 0 Å². The Hall–Kier alpha value is -0.570. The Morgan fingerprint density at radius 2 is 2.00 bits per heavy atom. The van der Waals surface area contributed by atoms with Crippen molar-refractivity contribution in [3.05, 3.63) is 0 Å². The van der Waals surface area contributed by atoms with Crippen LogP contribution in [0.3, 0.4) is 0 Å². The van der Waals surface area contributed by atoms with Crippen LogP contribution in [-0.2, 0) is 9.53 Å². The smallest absolute Gasteiger partial charge is 0.305 e. The minimum absolute atomic E-state index is 0.0439. The number of rotatable bonds is 5. The zero-order valence-corrected chi connectivity index (χ0v) is 8.04. The third-order valence-electron chi connectivity index (χ3n) is 2.14. The molecule has 0 heterocycles. The Morgan fingerprint density at radius 1 is 1.42 bits per heavy atom. The van der Waals surface area contributed by atoms with Crippen LogP contribution in [0.1, 0.15) is 33.1 Å². The maximum Gasteiger partial charge on any atom is 0.305 e. The first-order valence-electron chi connectivity index (χ1n) is 4.40. The first-order valence-corrected chi connectivity index (χ1v) is 4.40. The molecule has 0 aromatic heterocycles. The van der Waals surface area contributed by atoms with Crippen molar-refractivity contribution in [1.29, 1.82) is 0 Å². The molecule has 3 nitrogen and oxygen atoms in total. The molecule has 2 atom stereocenters. The number of carbonyl (C=O) groups is 1. The summed E-state index contributed by atoms with van der Waals surface area (Å²) in [4.78, 5) is 10.9. The van der Waals surface area contributed by atoms with E-state index in [4.69, 9.17) is 0 Å². The number of ether oxygens (including phenoxy) is 1. The molecule has 0 radical (unpaired) electrons. The molecule has 0 rings (SSSR count). The second-order valence-corrected chi connectivity index (χ2v) is 2.92. The molecule has 0 bridgehead atoms. The van der Waals surface area contributed by atoms with Crippen molar-refractivity contribution in [3.63, 3.8) is 0 Å². The van der Waals surface area contributed by atoms with Crippen molar-refractivity contribution in [2.75, 3.05) is 7.11 Å². The van der Waals surface area contributed by atoms with Gasteiger partial charge in [0.25, 0.3) is 0 Å². The molecule has 3 heteroatoms. The summed E-state index contributed by atoms with van der Waals surface area (Å²) in [5.74, 6) is -0.197. The second-order valence-electron chi connectivity index (χ2n) is 2.92. The van der Waals surface area contributed by atoms with E-state index in [0.717, 1.165) is 6.42 Å². The number of carbonyl (C=O) groups excluding carboxylic acids is 1. The average molecular weight is 174 g/mol. The Morgan fingerprint density at radius 3 is 2.33 bits per heavy atom. The predicted molar refractivity (Wildman–Crippen MR) is 46.7 cm³/mol. The van der Waals surface area contributed by atoms with E-state index in [9.17, 15) is 9.90 Å². The molecule has 0 spiro atoms. The van der Waals surface area contributed by atoms with Gasteiger partial charge >= 0.3 is 5.97 Å². The maximum atomic E-state index is 10.9. The highest BCUT2D eigenvalue weighted by molar-refractivity contribution is 5.69. The zero-order valence-electron chi connectivity index (χ0n) is 8.04. The number of hydrogen-bond acceptors (Lipinski definition) is 3. The molecule has 0 aliphatic heterocycles. The first kappa shape index (κ1) is 11.4. The summed E-state index contributed by atoms with van der Waals surface area (Å²) in [5, 5.41) is 9.45. The number of aliphatic hydroxyl groups excluding tert-OH is 1. The van der Waals surface area contributed by atoms with Crippen LogP contribution in [0.25, 0.3) is 0 Å². The van der Waals surface area contributed by atoms with Crippen molar-refractivity contribution in [2.45, 2.75) is 39.2 Å². The van der Waals surface area contributed by atoms with Crippen LogP contribution in [0.2, 0.25) is 0 Å². The fourth-order valence-corrected chi connectivity index (χ4v) is 1.18. The molecule has 12 heavy (non-hydrogen) atoms. The third kappa shape index (κ3) is 3.72. The van der Waals surface area contributed by atoms with Gasteiger partial charge in [-0.2, -0.15) is 0 Å². The van der Waals surface area contributed by atoms with Crippen LogP contribution < -0.4 is 0 Å². The molecule has 0 aromatic carbocycles. The highest BCUT2D eigenvalue weighted by atomic mass is 16.5. The third-order valence-corrected chi connectivity index (χ3v) is 2.14. The summed E-state index contributed by atoms with van der Waals surface area (Å²) in [5.41, 5.74) is 0. The summed E-state index contributed by atoms with van der Waals surface area (Å²) in [6.45, 7) is 3.87. The average Bonchev–Trinajstić information content (AvgIpc) is 2.12. The Labute approximate surface area is 73.7 Å². The van der Waals surface area contributed by atoms with E-state index >= 15 is 0 Å². The quantitative estimate of drug-likeness (QED) is 0.640. The highest BCUT2D eigenvalue weighted by Crippen LogP contribution is 2.16. The molecule has 0 fully saturated rings. The lowest BCUT2D eigenvalue weighted by Gasteiger charge is -2.18. The summed E-state index contributed by atoms with van der Waals surface area (Å²) in [6.07, 6.45) is 1.44. The Balaban J connectivity index is 3.90. The van der Waals surface area contributed by atoms with E-state index in [1.807, 2.05) is 13.8 Å². The number of hydrogen-bond donors (Lipinski definition) is 1. The van der Waals surface area contributed by atoms with Crippen LogP contribution in [-0.4, -0.2) is 24.3 Å².